The van der Waals surface area contributed by atoms with Gasteiger partial charge in [-0.3, -0.25) is 4.90 Å². The van der Waals surface area contributed by atoms with Crippen molar-refractivity contribution >= 4 is 5.95 Å². The Bertz CT molecular complexity index is 679. The molecule has 1 saturated heterocycles. The largest absolute Gasteiger partial charge is 0.347 e. The zero-order valence-electron chi connectivity index (χ0n) is 16.5. The average molecular weight is 354 g/mol. The zero-order chi connectivity index (χ0) is 18.5. The molecule has 5 nitrogen and oxygen atoms in total. The van der Waals surface area contributed by atoms with Gasteiger partial charge >= 0.3 is 0 Å². The van der Waals surface area contributed by atoms with Crippen molar-refractivity contribution in [3.63, 3.8) is 0 Å². The van der Waals surface area contributed by atoms with E-state index in [1.54, 1.807) is 0 Å². The molecule has 26 heavy (non-hydrogen) atoms. The monoisotopic (exact) mass is 353 g/mol. The summed E-state index contributed by atoms with van der Waals surface area (Å²) in [7, 11) is 8.16. The van der Waals surface area contributed by atoms with Gasteiger partial charge < -0.3 is 9.80 Å². The fourth-order valence-corrected chi connectivity index (χ4v) is 3.66. The molecule has 0 radical (unpaired) electrons. The molecule has 0 bridgehead atoms. The molecular formula is C21H31N5. The van der Waals surface area contributed by atoms with Crippen molar-refractivity contribution in [1.29, 1.82) is 0 Å². The average Bonchev–Trinajstić information content (AvgIpc) is 2.63. The Kier molecular flexibility index (Phi) is 6.22. The molecule has 2 aromatic rings. The second-order valence-corrected chi connectivity index (χ2v) is 7.75. The standard InChI is InChI=1S/C21H31N5/c1-24(2)15-17-8-10-19(11-9-17)20-7-5-6-12-26(20)16-18-13-22-21(23-14-18)25(3)4/h8-11,13-14,20H,5-7,12,15-16H2,1-4H3/t20-/m1/s1. The minimum atomic E-state index is 0.491. The maximum Gasteiger partial charge on any atom is 0.224 e. The molecule has 1 aliphatic heterocycles. The van der Waals surface area contributed by atoms with Gasteiger partial charge in [0.15, 0.2) is 0 Å². The predicted molar refractivity (Wildman–Crippen MR) is 107 cm³/mol. The Hall–Kier alpha value is -1.98. The van der Waals surface area contributed by atoms with Crippen molar-refractivity contribution in [2.75, 3.05) is 39.6 Å². The molecule has 1 fully saturated rings. The fraction of sp³-hybridized carbons (Fsp3) is 0.524. The fourth-order valence-electron chi connectivity index (χ4n) is 3.66. The van der Waals surface area contributed by atoms with Crippen LogP contribution in [0.1, 0.15) is 42.0 Å². The van der Waals surface area contributed by atoms with E-state index in [0.717, 1.165) is 25.6 Å². The SMILES string of the molecule is CN(C)Cc1ccc([C@H]2CCCCN2Cc2cnc(N(C)C)nc2)cc1. The van der Waals surface area contributed by atoms with Crippen LogP contribution in [0.25, 0.3) is 0 Å². The first-order chi connectivity index (χ1) is 12.5. The van der Waals surface area contributed by atoms with E-state index in [-0.39, 0.29) is 0 Å². The number of hydrogen-bond acceptors (Lipinski definition) is 5. The summed E-state index contributed by atoms with van der Waals surface area (Å²) in [6, 6.07) is 9.67. The van der Waals surface area contributed by atoms with Gasteiger partial charge in [-0.2, -0.15) is 0 Å². The van der Waals surface area contributed by atoms with Crippen LogP contribution in [-0.2, 0) is 13.1 Å². The summed E-state index contributed by atoms with van der Waals surface area (Å²) < 4.78 is 0. The number of benzene rings is 1. The topological polar surface area (TPSA) is 35.5 Å². The number of anilines is 1. The lowest BCUT2D eigenvalue weighted by atomic mass is 9.94. The molecule has 140 valence electrons. The van der Waals surface area contributed by atoms with Crippen molar-refractivity contribution in [2.45, 2.75) is 38.4 Å². The number of aromatic nitrogens is 2. The van der Waals surface area contributed by atoms with Crippen LogP contribution in [0.3, 0.4) is 0 Å². The summed E-state index contributed by atoms with van der Waals surface area (Å²) in [5.41, 5.74) is 3.98. The maximum absolute atomic E-state index is 4.46. The van der Waals surface area contributed by atoms with Crippen molar-refractivity contribution in [1.82, 2.24) is 19.8 Å². The van der Waals surface area contributed by atoms with Crippen LogP contribution >= 0.6 is 0 Å². The molecule has 0 unspecified atom stereocenters. The van der Waals surface area contributed by atoms with Gasteiger partial charge in [-0.15, -0.1) is 0 Å². The zero-order valence-corrected chi connectivity index (χ0v) is 16.5. The van der Waals surface area contributed by atoms with Crippen LogP contribution in [0.2, 0.25) is 0 Å². The van der Waals surface area contributed by atoms with E-state index in [4.69, 9.17) is 0 Å². The Morgan fingerprint density at radius 2 is 1.65 bits per heavy atom. The molecule has 0 saturated carbocycles. The number of nitrogens with zero attached hydrogens (tertiary/aromatic N) is 5. The van der Waals surface area contributed by atoms with Gasteiger partial charge in [-0.25, -0.2) is 9.97 Å². The lowest BCUT2D eigenvalue weighted by molar-refractivity contribution is 0.140. The molecule has 1 aromatic carbocycles. The van der Waals surface area contributed by atoms with Crippen LogP contribution in [0.5, 0.6) is 0 Å². The molecule has 1 aromatic heterocycles. The van der Waals surface area contributed by atoms with Gasteiger partial charge in [0.25, 0.3) is 0 Å². The highest BCUT2D eigenvalue weighted by molar-refractivity contribution is 5.28. The minimum absolute atomic E-state index is 0.491. The summed E-state index contributed by atoms with van der Waals surface area (Å²) in [5.74, 6) is 0.764. The van der Waals surface area contributed by atoms with Gasteiger partial charge in [0, 0.05) is 51.2 Å². The Labute approximate surface area is 157 Å². The van der Waals surface area contributed by atoms with Gasteiger partial charge in [0.05, 0.1) is 0 Å². The summed E-state index contributed by atoms with van der Waals surface area (Å²) >= 11 is 0. The molecule has 0 N–H and O–H groups in total. The number of piperidine rings is 1. The summed E-state index contributed by atoms with van der Waals surface area (Å²) in [6.07, 6.45) is 7.73. The Morgan fingerprint density at radius 1 is 0.962 bits per heavy atom. The number of rotatable bonds is 6. The van der Waals surface area contributed by atoms with Crippen molar-refractivity contribution in [3.05, 3.63) is 53.3 Å². The van der Waals surface area contributed by atoms with Crippen LogP contribution in [0.4, 0.5) is 5.95 Å². The van der Waals surface area contributed by atoms with E-state index in [2.05, 4.69) is 58.1 Å². The van der Waals surface area contributed by atoms with Crippen molar-refractivity contribution < 1.29 is 0 Å². The first-order valence-corrected chi connectivity index (χ1v) is 9.49. The number of hydrogen-bond donors (Lipinski definition) is 0. The van der Waals surface area contributed by atoms with Crippen LogP contribution in [0.15, 0.2) is 36.7 Å². The smallest absolute Gasteiger partial charge is 0.224 e. The van der Waals surface area contributed by atoms with Crippen molar-refractivity contribution in [2.24, 2.45) is 0 Å². The lowest BCUT2D eigenvalue weighted by Crippen LogP contribution is -2.33. The van der Waals surface area contributed by atoms with E-state index in [0.29, 0.717) is 6.04 Å². The Balaban J connectivity index is 1.71. The third kappa shape index (κ3) is 4.80. The minimum Gasteiger partial charge on any atom is -0.347 e. The van der Waals surface area contributed by atoms with E-state index in [1.807, 2.05) is 31.4 Å². The van der Waals surface area contributed by atoms with Crippen LogP contribution in [0, 0.1) is 0 Å². The highest BCUT2D eigenvalue weighted by Gasteiger charge is 2.24. The second-order valence-electron chi connectivity index (χ2n) is 7.75. The third-order valence-corrected chi connectivity index (χ3v) is 4.95. The first-order valence-electron chi connectivity index (χ1n) is 9.49. The van der Waals surface area contributed by atoms with Crippen LogP contribution < -0.4 is 4.90 Å². The first kappa shape index (κ1) is 18.8. The molecule has 2 heterocycles. The van der Waals surface area contributed by atoms with Gasteiger partial charge in [-0.05, 0) is 44.6 Å². The highest BCUT2D eigenvalue weighted by atomic mass is 15.2. The van der Waals surface area contributed by atoms with E-state index < -0.39 is 0 Å². The molecule has 5 heteroatoms. The highest BCUT2D eigenvalue weighted by Crippen LogP contribution is 2.32. The normalized spacial score (nSPS) is 18.3. The molecule has 0 amide bonds. The molecule has 3 rings (SSSR count). The van der Waals surface area contributed by atoms with E-state index in [9.17, 15) is 0 Å². The lowest BCUT2D eigenvalue weighted by Gasteiger charge is -2.36. The maximum atomic E-state index is 4.46. The quantitative estimate of drug-likeness (QED) is 0.796. The molecule has 0 spiro atoms. The van der Waals surface area contributed by atoms with Gasteiger partial charge in [0.2, 0.25) is 5.95 Å². The van der Waals surface area contributed by atoms with Gasteiger partial charge in [0.1, 0.15) is 0 Å². The van der Waals surface area contributed by atoms with E-state index >= 15 is 0 Å². The van der Waals surface area contributed by atoms with Gasteiger partial charge in [-0.1, -0.05) is 30.7 Å². The summed E-state index contributed by atoms with van der Waals surface area (Å²) in [4.78, 5) is 15.7. The second kappa shape index (κ2) is 8.60. The molecular weight excluding hydrogens is 322 g/mol. The van der Waals surface area contributed by atoms with E-state index in [1.165, 1.54) is 36.0 Å². The predicted octanol–water partition coefficient (Wildman–Crippen LogP) is 3.33. The van der Waals surface area contributed by atoms with Crippen LogP contribution in [-0.4, -0.2) is 54.5 Å². The third-order valence-electron chi connectivity index (χ3n) is 4.95. The Morgan fingerprint density at radius 3 is 2.27 bits per heavy atom. The molecule has 1 atom stereocenters. The molecule has 0 aliphatic carbocycles. The molecule has 1 aliphatic rings. The van der Waals surface area contributed by atoms with Crippen molar-refractivity contribution in [3.8, 4) is 0 Å². The number of likely N-dealkylation sites (tertiary alicyclic amines) is 1. The summed E-state index contributed by atoms with van der Waals surface area (Å²) in [5, 5.41) is 0. The summed E-state index contributed by atoms with van der Waals surface area (Å²) in [6.45, 7) is 3.04.